The lowest BCUT2D eigenvalue weighted by Crippen LogP contribution is -2.56. The number of imidazole rings is 1. The Morgan fingerprint density at radius 3 is 2.33 bits per heavy atom. The number of likely N-dealkylation sites (tertiary alicyclic amines) is 1. The van der Waals surface area contributed by atoms with Crippen molar-refractivity contribution >= 4 is 48.4 Å². The topological polar surface area (TPSA) is 132 Å². The van der Waals surface area contributed by atoms with Gasteiger partial charge in [0.15, 0.2) is 5.82 Å². The Kier molecular flexibility index (Phi) is 12.9. The quantitative estimate of drug-likeness (QED) is 0.300. The van der Waals surface area contributed by atoms with Crippen molar-refractivity contribution in [3.63, 3.8) is 0 Å². The molecule has 3 amide bonds. The summed E-state index contributed by atoms with van der Waals surface area (Å²) in [5.41, 5.74) is 5.81. The second-order valence-corrected chi connectivity index (χ2v) is 10.4. The van der Waals surface area contributed by atoms with Crippen molar-refractivity contribution in [2.75, 3.05) is 25.0 Å². The molecular formula is C29H37Cl2FN6O4. The summed E-state index contributed by atoms with van der Waals surface area (Å²) in [4.78, 5) is 45.2. The van der Waals surface area contributed by atoms with Crippen LogP contribution in [-0.4, -0.2) is 63.4 Å². The average molecular weight is 624 g/mol. The Hall–Kier alpha value is -3.51. The maximum Gasteiger partial charge on any atom is 0.250 e. The molecule has 0 radical (unpaired) electrons. The van der Waals surface area contributed by atoms with Crippen molar-refractivity contribution in [1.82, 2.24) is 19.8 Å². The molecule has 1 fully saturated rings. The first-order chi connectivity index (χ1) is 19.1. The fourth-order valence-electron chi connectivity index (χ4n) is 4.38. The van der Waals surface area contributed by atoms with Crippen LogP contribution >= 0.6 is 24.8 Å². The number of rotatable bonds is 11. The Morgan fingerprint density at radius 1 is 1.05 bits per heavy atom. The van der Waals surface area contributed by atoms with Crippen LogP contribution in [0.1, 0.15) is 43.9 Å². The summed E-state index contributed by atoms with van der Waals surface area (Å²) >= 11 is 0. The number of hydrogen-bond acceptors (Lipinski definition) is 6. The predicted octanol–water partition coefficient (Wildman–Crippen LogP) is 3.46. The summed E-state index contributed by atoms with van der Waals surface area (Å²) in [6.07, 6.45) is 4.63. The third-order valence-corrected chi connectivity index (χ3v) is 6.61. The molecule has 0 spiro atoms. The number of anilines is 1. The van der Waals surface area contributed by atoms with Crippen LogP contribution in [0.4, 0.5) is 10.2 Å². The Bertz CT molecular complexity index is 1330. The SMILES string of the molecule is CC(C)(N)C(=O)N[C@H](COCc1ccccc1)C(=O)Nc1cn(C(C(=O)N2CCCC2)c2ccccc2F)cn1.Cl.Cl. The van der Waals surface area contributed by atoms with Gasteiger partial charge in [-0.1, -0.05) is 48.5 Å². The third kappa shape index (κ3) is 8.99. The molecule has 4 N–H and O–H groups in total. The van der Waals surface area contributed by atoms with Crippen molar-refractivity contribution in [2.45, 2.75) is 50.9 Å². The minimum Gasteiger partial charge on any atom is -0.374 e. The van der Waals surface area contributed by atoms with Gasteiger partial charge in [0.25, 0.3) is 5.91 Å². The smallest absolute Gasteiger partial charge is 0.250 e. The highest BCUT2D eigenvalue weighted by Crippen LogP contribution is 2.26. The van der Waals surface area contributed by atoms with Gasteiger partial charge in [-0.25, -0.2) is 9.37 Å². The van der Waals surface area contributed by atoms with Gasteiger partial charge < -0.3 is 30.6 Å². The Balaban J connectivity index is 0.00000308. The Morgan fingerprint density at radius 2 is 1.69 bits per heavy atom. The summed E-state index contributed by atoms with van der Waals surface area (Å²) < 4.78 is 22.0. The fourth-order valence-corrected chi connectivity index (χ4v) is 4.38. The fraction of sp³-hybridized carbons (Fsp3) is 0.379. The minimum atomic E-state index is -1.22. The third-order valence-electron chi connectivity index (χ3n) is 6.61. The number of halogens is 3. The lowest BCUT2D eigenvalue weighted by atomic mass is 10.0. The van der Waals surface area contributed by atoms with Gasteiger partial charge in [0.2, 0.25) is 11.8 Å². The van der Waals surface area contributed by atoms with Gasteiger partial charge in [0.05, 0.1) is 25.1 Å². The number of carbonyl (C=O) groups is 3. The van der Waals surface area contributed by atoms with Gasteiger partial charge in [0, 0.05) is 24.8 Å². The maximum absolute atomic E-state index is 14.8. The van der Waals surface area contributed by atoms with Gasteiger partial charge in [-0.2, -0.15) is 0 Å². The van der Waals surface area contributed by atoms with Gasteiger partial charge in [-0.3, -0.25) is 14.4 Å². The molecule has 1 unspecified atom stereocenters. The number of aromatic nitrogens is 2. The van der Waals surface area contributed by atoms with Crippen LogP contribution in [0.3, 0.4) is 0 Å². The van der Waals surface area contributed by atoms with Crippen molar-refractivity contribution in [3.05, 3.63) is 84.1 Å². The molecule has 4 rings (SSSR count). The molecule has 0 aliphatic carbocycles. The van der Waals surface area contributed by atoms with Crippen LogP contribution in [0.15, 0.2) is 67.1 Å². The van der Waals surface area contributed by atoms with Crippen molar-refractivity contribution in [3.8, 4) is 0 Å². The highest BCUT2D eigenvalue weighted by atomic mass is 35.5. The zero-order chi connectivity index (χ0) is 28.7. The monoisotopic (exact) mass is 622 g/mol. The lowest BCUT2D eigenvalue weighted by Gasteiger charge is -2.25. The average Bonchev–Trinajstić information content (AvgIpc) is 3.62. The summed E-state index contributed by atoms with van der Waals surface area (Å²) in [5.74, 6) is -1.74. The maximum atomic E-state index is 14.8. The molecule has 0 saturated carbocycles. The number of nitrogens with one attached hydrogen (secondary N) is 2. The second-order valence-electron chi connectivity index (χ2n) is 10.4. The van der Waals surface area contributed by atoms with Crippen LogP contribution in [0.5, 0.6) is 0 Å². The zero-order valence-electron chi connectivity index (χ0n) is 23.5. The molecule has 42 heavy (non-hydrogen) atoms. The number of amides is 3. The van der Waals surface area contributed by atoms with E-state index in [2.05, 4.69) is 15.6 Å². The van der Waals surface area contributed by atoms with Crippen LogP contribution in [0.2, 0.25) is 0 Å². The van der Waals surface area contributed by atoms with Gasteiger partial charge in [-0.15, -0.1) is 24.8 Å². The molecule has 2 heterocycles. The van der Waals surface area contributed by atoms with E-state index in [0.29, 0.717) is 13.1 Å². The molecule has 1 aliphatic heterocycles. The summed E-state index contributed by atoms with van der Waals surface area (Å²) in [5, 5.41) is 5.31. The summed E-state index contributed by atoms with van der Waals surface area (Å²) in [6, 6.07) is 13.5. The van der Waals surface area contributed by atoms with Gasteiger partial charge in [-0.05, 0) is 38.3 Å². The van der Waals surface area contributed by atoms with Crippen molar-refractivity contribution in [1.29, 1.82) is 0 Å². The molecule has 1 aliphatic rings. The molecule has 2 atom stereocenters. The summed E-state index contributed by atoms with van der Waals surface area (Å²) in [7, 11) is 0. The van der Waals surface area contributed by atoms with E-state index in [-0.39, 0.29) is 55.3 Å². The van der Waals surface area contributed by atoms with E-state index in [9.17, 15) is 18.8 Å². The van der Waals surface area contributed by atoms with E-state index in [1.54, 1.807) is 23.1 Å². The standard InChI is InChI=1S/C29H35FN6O4.2ClH/c1-29(2,31)28(39)33-23(18-40-17-20-10-4-3-5-11-20)26(37)34-24-16-36(19-32-24)25(21-12-6-7-13-22(21)30)27(38)35-14-8-9-15-35;;/h3-7,10-13,16,19,23,25H,8-9,14-15,17-18,31H2,1-2H3,(H,33,39)(H,34,37);2*1H/t23-,25?;;/m1../s1. The van der Waals surface area contributed by atoms with E-state index in [1.165, 1.54) is 37.0 Å². The number of nitrogens with two attached hydrogens (primary N) is 1. The zero-order valence-corrected chi connectivity index (χ0v) is 25.1. The number of benzene rings is 2. The predicted molar refractivity (Wildman–Crippen MR) is 162 cm³/mol. The van der Waals surface area contributed by atoms with E-state index in [1.807, 2.05) is 30.3 Å². The van der Waals surface area contributed by atoms with Gasteiger partial charge in [0.1, 0.15) is 17.9 Å². The van der Waals surface area contributed by atoms with Crippen LogP contribution in [0.25, 0.3) is 0 Å². The van der Waals surface area contributed by atoms with E-state index in [4.69, 9.17) is 10.5 Å². The Labute approximate surface area is 257 Å². The molecule has 2 aromatic carbocycles. The number of nitrogens with zero attached hydrogens (tertiary/aromatic N) is 3. The molecule has 3 aromatic rings. The highest BCUT2D eigenvalue weighted by Gasteiger charge is 2.32. The molecule has 10 nitrogen and oxygen atoms in total. The van der Waals surface area contributed by atoms with Gasteiger partial charge >= 0.3 is 0 Å². The molecule has 13 heteroatoms. The summed E-state index contributed by atoms with van der Waals surface area (Å²) in [6.45, 7) is 4.39. The van der Waals surface area contributed by atoms with Crippen LogP contribution in [-0.2, 0) is 25.7 Å². The lowest BCUT2D eigenvalue weighted by molar-refractivity contribution is -0.132. The van der Waals surface area contributed by atoms with Crippen molar-refractivity contribution in [2.24, 2.45) is 5.73 Å². The number of ether oxygens (including phenoxy) is 1. The molecule has 1 saturated heterocycles. The van der Waals surface area contributed by atoms with E-state index >= 15 is 0 Å². The van der Waals surface area contributed by atoms with E-state index in [0.717, 1.165) is 18.4 Å². The molecule has 0 bridgehead atoms. The number of hydrogen-bond donors (Lipinski definition) is 3. The minimum absolute atomic E-state index is 0. The van der Waals surface area contributed by atoms with E-state index < -0.39 is 35.3 Å². The van der Waals surface area contributed by atoms with Crippen molar-refractivity contribution < 1.29 is 23.5 Å². The molecule has 228 valence electrons. The molecule has 1 aromatic heterocycles. The van der Waals surface area contributed by atoms with Crippen LogP contribution in [0, 0.1) is 5.82 Å². The number of carbonyl (C=O) groups excluding carboxylic acids is 3. The molecular weight excluding hydrogens is 586 g/mol. The normalized spacial score (nSPS) is 14.2. The van der Waals surface area contributed by atoms with Crippen LogP contribution < -0.4 is 16.4 Å². The first-order valence-electron chi connectivity index (χ1n) is 13.2. The largest absolute Gasteiger partial charge is 0.374 e. The highest BCUT2D eigenvalue weighted by molar-refractivity contribution is 5.98. The second kappa shape index (κ2) is 15.6. The first-order valence-corrected chi connectivity index (χ1v) is 13.2. The first kappa shape index (κ1) is 34.7.